The first kappa shape index (κ1) is 14.5. The summed E-state index contributed by atoms with van der Waals surface area (Å²) < 4.78 is 0. The lowest BCUT2D eigenvalue weighted by Crippen LogP contribution is -2.46. The second-order valence-electron chi connectivity index (χ2n) is 4.86. The summed E-state index contributed by atoms with van der Waals surface area (Å²) in [7, 11) is 3.16. The van der Waals surface area contributed by atoms with Crippen LogP contribution in [0.3, 0.4) is 0 Å². The monoisotopic (exact) mass is 256 g/mol. The molecule has 102 valence electrons. The molecule has 6 heteroatoms. The van der Waals surface area contributed by atoms with Crippen molar-refractivity contribution in [1.82, 2.24) is 10.2 Å². The lowest BCUT2D eigenvalue weighted by molar-refractivity contribution is -0.156. The molecule has 0 aliphatic heterocycles. The minimum atomic E-state index is -0.910. The summed E-state index contributed by atoms with van der Waals surface area (Å²) in [6.45, 7) is 2.04. The number of hydrogen-bond donors (Lipinski definition) is 2. The van der Waals surface area contributed by atoms with E-state index < -0.39 is 17.8 Å². The standard InChI is InChI=1S/C12H20N2O4/c1-7(10(15)13-2)6-14(3)11(16)8-4-5-9(8)12(17)18/h7-9H,4-6H2,1-3H3,(H,13,15)(H,17,18). The molecule has 1 rings (SSSR count). The molecular formula is C12H20N2O4. The molecule has 0 radical (unpaired) electrons. The normalized spacial score (nSPS) is 23.7. The highest BCUT2D eigenvalue weighted by Gasteiger charge is 2.42. The average Bonchev–Trinajstić information content (AvgIpc) is 2.25. The van der Waals surface area contributed by atoms with Crippen molar-refractivity contribution in [3.8, 4) is 0 Å². The van der Waals surface area contributed by atoms with Crippen molar-refractivity contribution in [2.45, 2.75) is 19.8 Å². The number of hydrogen-bond acceptors (Lipinski definition) is 3. The second kappa shape index (κ2) is 5.84. The summed E-state index contributed by atoms with van der Waals surface area (Å²) in [4.78, 5) is 35.7. The van der Waals surface area contributed by atoms with Gasteiger partial charge in [-0.1, -0.05) is 6.92 Å². The third-order valence-electron chi connectivity index (χ3n) is 3.53. The summed E-state index contributed by atoms with van der Waals surface area (Å²) in [6.07, 6.45) is 1.18. The predicted molar refractivity (Wildman–Crippen MR) is 64.7 cm³/mol. The molecule has 0 aromatic carbocycles. The summed E-state index contributed by atoms with van der Waals surface area (Å²) in [5.41, 5.74) is 0. The molecule has 2 amide bonds. The van der Waals surface area contributed by atoms with Crippen molar-refractivity contribution in [1.29, 1.82) is 0 Å². The van der Waals surface area contributed by atoms with Gasteiger partial charge in [-0.2, -0.15) is 0 Å². The molecule has 1 aliphatic rings. The number of carboxylic acids is 1. The number of rotatable bonds is 5. The summed E-state index contributed by atoms with van der Waals surface area (Å²) in [5.74, 6) is -2.50. The molecule has 6 nitrogen and oxygen atoms in total. The van der Waals surface area contributed by atoms with E-state index in [1.165, 1.54) is 4.90 Å². The molecule has 0 aromatic rings. The average molecular weight is 256 g/mol. The minimum Gasteiger partial charge on any atom is -0.481 e. The van der Waals surface area contributed by atoms with Crippen LogP contribution in [0.2, 0.25) is 0 Å². The Balaban J connectivity index is 2.52. The van der Waals surface area contributed by atoms with Crippen LogP contribution in [0.1, 0.15) is 19.8 Å². The highest BCUT2D eigenvalue weighted by molar-refractivity contribution is 5.86. The Hall–Kier alpha value is -1.59. The summed E-state index contributed by atoms with van der Waals surface area (Å²) in [6, 6.07) is 0. The SMILES string of the molecule is CNC(=O)C(C)CN(C)C(=O)C1CCC1C(=O)O. The van der Waals surface area contributed by atoms with Crippen molar-refractivity contribution >= 4 is 17.8 Å². The molecular weight excluding hydrogens is 236 g/mol. The number of nitrogens with zero attached hydrogens (tertiary/aromatic N) is 1. The van der Waals surface area contributed by atoms with E-state index in [1.54, 1.807) is 21.0 Å². The van der Waals surface area contributed by atoms with Gasteiger partial charge in [-0.05, 0) is 12.8 Å². The molecule has 0 aromatic heterocycles. The first-order valence-corrected chi connectivity index (χ1v) is 6.07. The zero-order valence-corrected chi connectivity index (χ0v) is 11.0. The van der Waals surface area contributed by atoms with Crippen LogP contribution in [0.5, 0.6) is 0 Å². The summed E-state index contributed by atoms with van der Waals surface area (Å²) >= 11 is 0. The third-order valence-corrected chi connectivity index (χ3v) is 3.53. The zero-order valence-electron chi connectivity index (χ0n) is 11.0. The Morgan fingerprint density at radius 2 is 1.89 bits per heavy atom. The lowest BCUT2D eigenvalue weighted by Gasteiger charge is -2.35. The van der Waals surface area contributed by atoms with E-state index >= 15 is 0 Å². The fraction of sp³-hybridized carbons (Fsp3) is 0.750. The summed E-state index contributed by atoms with van der Waals surface area (Å²) in [5, 5.41) is 11.4. The number of carbonyl (C=O) groups is 3. The first-order chi connectivity index (χ1) is 8.38. The number of carboxylic acid groups (broad SMARTS) is 1. The Kier molecular flexibility index (Phi) is 4.69. The van der Waals surface area contributed by atoms with E-state index in [0.717, 1.165) is 0 Å². The zero-order chi connectivity index (χ0) is 13.9. The number of amides is 2. The van der Waals surface area contributed by atoms with Crippen LogP contribution in [0.15, 0.2) is 0 Å². The van der Waals surface area contributed by atoms with Gasteiger partial charge < -0.3 is 15.3 Å². The van der Waals surface area contributed by atoms with Gasteiger partial charge in [0.25, 0.3) is 0 Å². The van der Waals surface area contributed by atoms with Crippen LogP contribution < -0.4 is 5.32 Å². The molecule has 0 spiro atoms. The quantitative estimate of drug-likeness (QED) is 0.721. The number of carbonyl (C=O) groups excluding carboxylic acids is 2. The van der Waals surface area contributed by atoms with Crippen LogP contribution >= 0.6 is 0 Å². The van der Waals surface area contributed by atoms with E-state index in [9.17, 15) is 14.4 Å². The van der Waals surface area contributed by atoms with Crippen molar-refractivity contribution in [2.24, 2.45) is 17.8 Å². The molecule has 3 atom stereocenters. The Morgan fingerprint density at radius 1 is 1.33 bits per heavy atom. The molecule has 0 saturated heterocycles. The van der Waals surface area contributed by atoms with Gasteiger partial charge in [0.1, 0.15) is 0 Å². The number of aliphatic carboxylic acids is 1. The van der Waals surface area contributed by atoms with Gasteiger partial charge in [-0.3, -0.25) is 14.4 Å². The van der Waals surface area contributed by atoms with Crippen LogP contribution in [-0.4, -0.2) is 48.4 Å². The smallest absolute Gasteiger partial charge is 0.307 e. The van der Waals surface area contributed by atoms with Crippen molar-refractivity contribution in [3.63, 3.8) is 0 Å². The second-order valence-corrected chi connectivity index (χ2v) is 4.86. The molecule has 1 saturated carbocycles. The fourth-order valence-corrected chi connectivity index (χ4v) is 2.20. The highest BCUT2D eigenvalue weighted by Crippen LogP contribution is 2.35. The molecule has 18 heavy (non-hydrogen) atoms. The topological polar surface area (TPSA) is 86.7 Å². The molecule has 3 unspecified atom stereocenters. The van der Waals surface area contributed by atoms with Crippen LogP contribution in [0.25, 0.3) is 0 Å². The maximum absolute atomic E-state index is 12.0. The van der Waals surface area contributed by atoms with Gasteiger partial charge >= 0.3 is 5.97 Å². The Bertz CT molecular complexity index is 356. The van der Waals surface area contributed by atoms with E-state index in [0.29, 0.717) is 19.4 Å². The minimum absolute atomic E-state index is 0.127. The van der Waals surface area contributed by atoms with Crippen molar-refractivity contribution in [2.75, 3.05) is 20.6 Å². The van der Waals surface area contributed by atoms with Crippen LogP contribution in [-0.2, 0) is 14.4 Å². The van der Waals surface area contributed by atoms with E-state index in [4.69, 9.17) is 5.11 Å². The van der Waals surface area contributed by atoms with Crippen molar-refractivity contribution in [3.05, 3.63) is 0 Å². The van der Waals surface area contributed by atoms with Crippen LogP contribution in [0.4, 0.5) is 0 Å². The first-order valence-electron chi connectivity index (χ1n) is 6.07. The van der Waals surface area contributed by atoms with E-state index in [-0.39, 0.29) is 17.7 Å². The maximum Gasteiger partial charge on any atom is 0.307 e. The highest BCUT2D eigenvalue weighted by atomic mass is 16.4. The molecule has 1 fully saturated rings. The van der Waals surface area contributed by atoms with Crippen molar-refractivity contribution < 1.29 is 19.5 Å². The predicted octanol–water partition coefficient (Wildman–Crippen LogP) is -0.0623. The molecule has 2 N–H and O–H groups in total. The maximum atomic E-state index is 12.0. The fourth-order valence-electron chi connectivity index (χ4n) is 2.20. The van der Waals surface area contributed by atoms with Gasteiger partial charge in [0.05, 0.1) is 17.8 Å². The number of nitrogens with one attached hydrogen (secondary N) is 1. The molecule has 0 bridgehead atoms. The Labute approximate surface area is 106 Å². The Morgan fingerprint density at radius 3 is 2.28 bits per heavy atom. The van der Waals surface area contributed by atoms with Crippen LogP contribution in [0, 0.1) is 17.8 Å². The molecule has 1 aliphatic carbocycles. The third kappa shape index (κ3) is 3.00. The van der Waals surface area contributed by atoms with Gasteiger partial charge in [0.15, 0.2) is 0 Å². The van der Waals surface area contributed by atoms with E-state index in [1.807, 2.05) is 0 Å². The van der Waals surface area contributed by atoms with Gasteiger partial charge in [0.2, 0.25) is 11.8 Å². The van der Waals surface area contributed by atoms with E-state index in [2.05, 4.69) is 5.32 Å². The molecule has 0 heterocycles. The van der Waals surface area contributed by atoms with Gasteiger partial charge in [-0.15, -0.1) is 0 Å². The van der Waals surface area contributed by atoms with Gasteiger partial charge in [-0.25, -0.2) is 0 Å². The largest absolute Gasteiger partial charge is 0.481 e. The lowest BCUT2D eigenvalue weighted by atomic mass is 9.73. The van der Waals surface area contributed by atoms with Gasteiger partial charge in [0, 0.05) is 20.6 Å².